The third-order valence-corrected chi connectivity index (χ3v) is 4.11. The van der Waals surface area contributed by atoms with E-state index in [1.54, 1.807) is 17.3 Å². The molecule has 3 rings (SSSR count). The van der Waals surface area contributed by atoms with Crippen molar-refractivity contribution in [2.45, 2.75) is 25.6 Å². The van der Waals surface area contributed by atoms with Crippen molar-refractivity contribution in [3.8, 4) is 0 Å². The van der Waals surface area contributed by atoms with E-state index in [2.05, 4.69) is 4.98 Å². The van der Waals surface area contributed by atoms with Gasteiger partial charge in [-0.15, -0.1) is 0 Å². The number of carbonyl (C=O) groups excluding carboxylic acids is 2. The first kappa shape index (κ1) is 15.7. The fourth-order valence-corrected chi connectivity index (χ4v) is 2.83. The molecule has 2 aliphatic heterocycles. The fraction of sp³-hybridized carbons (Fsp3) is 0.562. The van der Waals surface area contributed by atoms with Crippen LogP contribution in [0.5, 0.6) is 0 Å². The Bertz CT molecular complexity index is 552. The molecule has 7 nitrogen and oxygen atoms in total. The minimum absolute atomic E-state index is 0.0263. The van der Waals surface area contributed by atoms with E-state index in [4.69, 9.17) is 9.47 Å². The molecule has 3 heterocycles. The van der Waals surface area contributed by atoms with Gasteiger partial charge in [-0.1, -0.05) is 6.07 Å². The van der Waals surface area contributed by atoms with E-state index in [-0.39, 0.29) is 18.6 Å². The molecular weight excluding hydrogens is 298 g/mol. The van der Waals surface area contributed by atoms with Crippen molar-refractivity contribution >= 4 is 12.0 Å². The monoisotopic (exact) mass is 319 g/mol. The van der Waals surface area contributed by atoms with Gasteiger partial charge in [0.15, 0.2) is 0 Å². The summed E-state index contributed by atoms with van der Waals surface area (Å²) in [5.41, 5.74) is 1.02. The first-order valence-electron chi connectivity index (χ1n) is 7.92. The van der Waals surface area contributed by atoms with Crippen LogP contribution in [0.25, 0.3) is 0 Å². The van der Waals surface area contributed by atoms with Gasteiger partial charge in [-0.3, -0.25) is 14.7 Å². The number of cyclic esters (lactones) is 1. The topological polar surface area (TPSA) is 72.0 Å². The lowest BCUT2D eigenvalue weighted by atomic mass is 10.1. The molecule has 0 radical (unpaired) electrons. The van der Waals surface area contributed by atoms with Gasteiger partial charge in [0, 0.05) is 25.5 Å². The average Bonchev–Trinajstić information content (AvgIpc) is 2.99. The quantitative estimate of drug-likeness (QED) is 0.811. The summed E-state index contributed by atoms with van der Waals surface area (Å²) < 4.78 is 10.7. The third-order valence-electron chi connectivity index (χ3n) is 4.11. The number of aromatic nitrogens is 1. The van der Waals surface area contributed by atoms with Crippen LogP contribution in [0, 0.1) is 0 Å². The number of ether oxygens (including phenoxy) is 2. The standard InChI is InChI=1S/C16H21N3O4/c20-15(11-19-7-8-22-16(19)21)18-6-2-4-14(10-18)23-12-13-3-1-5-17-9-13/h1,3,5,9,14H,2,4,6-8,10-12H2/t14-/m1/s1. The van der Waals surface area contributed by atoms with E-state index in [0.717, 1.165) is 18.4 Å². The Kier molecular flexibility index (Phi) is 5.07. The number of nitrogens with zero attached hydrogens (tertiary/aromatic N) is 3. The summed E-state index contributed by atoms with van der Waals surface area (Å²) in [6.45, 7) is 2.73. The SMILES string of the molecule is O=C(CN1CCOC1=O)N1CCC[C@@H](OCc2cccnc2)C1. The van der Waals surface area contributed by atoms with Crippen molar-refractivity contribution in [1.29, 1.82) is 0 Å². The lowest BCUT2D eigenvalue weighted by molar-refractivity contribution is -0.136. The minimum atomic E-state index is -0.403. The first-order valence-corrected chi connectivity index (χ1v) is 7.92. The van der Waals surface area contributed by atoms with Crippen LogP contribution in [0.15, 0.2) is 24.5 Å². The second kappa shape index (κ2) is 7.41. The van der Waals surface area contributed by atoms with E-state index in [9.17, 15) is 9.59 Å². The Morgan fingerprint density at radius 3 is 3.09 bits per heavy atom. The summed E-state index contributed by atoms with van der Waals surface area (Å²) in [6.07, 6.45) is 4.99. The van der Waals surface area contributed by atoms with Gasteiger partial charge in [0.25, 0.3) is 0 Å². The maximum absolute atomic E-state index is 12.3. The van der Waals surface area contributed by atoms with Crippen LogP contribution >= 0.6 is 0 Å². The van der Waals surface area contributed by atoms with Crippen LogP contribution in [0.2, 0.25) is 0 Å². The summed E-state index contributed by atoms with van der Waals surface area (Å²) in [4.78, 5) is 31.0. The molecule has 23 heavy (non-hydrogen) atoms. The molecule has 7 heteroatoms. The lowest BCUT2D eigenvalue weighted by Gasteiger charge is -2.33. The molecule has 124 valence electrons. The van der Waals surface area contributed by atoms with Crippen LogP contribution in [-0.4, -0.2) is 65.7 Å². The largest absolute Gasteiger partial charge is 0.448 e. The Balaban J connectivity index is 1.47. The van der Waals surface area contributed by atoms with Crippen LogP contribution < -0.4 is 0 Å². The molecule has 2 aliphatic rings. The molecule has 0 N–H and O–H groups in total. The number of amides is 2. The third kappa shape index (κ3) is 4.19. The summed E-state index contributed by atoms with van der Waals surface area (Å²) in [7, 11) is 0. The summed E-state index contributed by atoms with van der Waals surface area (Å²) in [5.74, 6) is -0.0430. The summed E-state index contributed by atoms with van der Waals surface area (Å²) >= 11 is 0. The number of hydrogen-bond donors (Lipinski definition) is 0. The number of pyridine rings is 1. The second-order valence-electron chi connectivity index (χ2n) is 5.81. The molecule has 0 aliphatic carbocycles. The van der Waals surface area contributed by atoms with E-state index in [1.165, 1.54) is 4.90 Å². The van der Waals surface area contributed by atoms with Crippen LogP contribution in [0.4, 0.5) is 4.79 Å². The van der Waals surface area contributed by atoms with Crippen LogP contribution in [0.1, 0.15) is 18.4 Å². The predicted molar refractivity (Wildman–Crippen MR) is 81.5 cm³/mol. The van der Waals surface area contributed by atoms with E-state index < -0.39 is 6.09 Å². The first-order chi connectivity index (χ1) is 11.2. The van der Waals surface area contributed by atoms with Gasteiger partial charge < -0.3 is 14.4 Å². The second-order valence-corrected chi connectivity index (χ2v) is 5.81. The van der Waals surface area contributed by atoms with Crippen molar-refractivity contribution in [2.24, 2.45) is 0 Å². The predicted octanol–water partition coefficient (Wildman–Crippen LogP) is 1.04. The zero-order valence-electron chi connectivity index (χ0n) is 13.0. The van der Waals surface area contributed by atoms with Crippen molar-refractivity contribution in [2.75, 3.05) is 32.8 Å². The highest BCUT2D eigenvalue weighted by Crippen LogP contribution is 2.16. The van der Waals surface area contributed by atoms with E-state index >= 15 is 0 Å². The maximum atomic E-state index is 12.3. The highest BCUT2D eigenvalue weighted by atomic mass is 16.6. The van der Waals surface area contributed by atoms with Crippen molar-refractivity contribution in [3.63, 3.8) is 0 Å². The number of likely N-dealkylation sites (tertiary alicyclic amines) is 1. The highest BCUT2D eigenvalue weighted by Gasteiger charge is 2.29. The van der Waals surface area contributed by atoms with Crippen molar-refractivity contribution in [1.82, 2.24) is 14.8 Å². The number of piperidine rings is 1. The van der Waals surface area contributed by atoms with Gasteiger partial charge >= 0.3 is 6.09 Å². The van der Waals surface area contributed by atoms with Gasteiger partial charge in [-0.25, -0.2) is 4.79 Å². The molecule has 0 aromatic carbocycles. The fourth-order valence-electron chi connectivity index (χ4n) is 2.83. The molecule has 0 spiro atoms. The average molecular weight is 319 g/mol. The van der Waals surface area contributed by atoms with Crippen molar-refractivity contribution in [3.05, 3.63) is 30.1 Å². The Morgan fingerprint density at radius 1 is 1.43 bits per heavy atom. The smallest absolute Gasteiger partial charge is 0.410 e. The van der Waals surface area contributed by atoms with Gasteiger partial charge in [0.05, 0.1) is 19.3 Å². The van der Waals surface area contributed by atoms with Gasteiger partial charge in [0.1, 0.15) is 13.2 Å². The molecule has 1 atom stereocenters. The molecular formula is C16H21N3O4. The molecule has 0 saturated carbocycles. The van der Waals surface area contributed by atoms with Gasteiger partial charge in [-0.2, -0.15) is 0 Å². The molecule has 2 fully saturated rings. The van der Waals surface area contributed by atoms with Crippen molar-refractivity contribution < 1.29 is 19.1 Å². The number of rotatable bonds is 5. The number of hydrogen-bond acceptors (Lipinski definition) is 5. The van der Waals surface area contributed by atoms with E-state index in [1.807, 2.05) is 12.1 Å². The van der Waals surface area contributed by atoms with E-state index in [0.29, 0.717) is 32.8 Å². The van der Waals surface area contributed by atoms with Gasteiger partial charge in [0.2, 0.25) is 5.91 Å². The molecule has 1 aromatic rings. The molecule has 0 bridgehead atoms. The molecule has 2 saturated heterocycles. The van der Waals surface area contributed by atoms with Gasteiger partial charge in [-0.05, 0) is 24.5 Å². The van der Waals surface area contributed by atoms with Crippen LogP contribution in [0.3, 0.4) is 0 Å². The minimum Gasteiger partial charge on any atom is -0.448 e. The molecule has 0 unspecified atom stereocenters. The molecule has 2 amide bonds. The Hall–Kier alpha value is -2.15. The maximum Gasteiger partial charge on any atom is 0.410 e. The summed E-state index contributed by atoms with van der Waals surface area (Å²) in [6, 6.07) is 3.85. The lowest BCUT2D eigenvalue weighted by Crippen LogP contribution is -2.47. The molecule has 1 aromatic heterocycles. The Labute approximate surface area is 135 Å². The number of carbonyl (C=O) groups is 2. The normalized spacial score (nSPS) is 21.4. The highest BCUT2D eigenvalue weighted by molar-refractivity contribution is 5.83. The van der Waals surface area contributed by atoms with Crippen LogP contribution in [-0.2, 0) is 20.9 Å². The zero-order chi connectivity index (χ0) is 16.1. The Morgan fingerprint density at radius 2 is 2.35 bits per heavy atom. The summed E-state index contributed by atoms with van der Waals surface area (Å²) in [5, 5.41) is 0. The zero-order valence-corrected chi connectivity index (χ0v) is 13.0.